The summed E-state index contributed by atoms with van der Waals surface area (Å²) in [6, 6.07) is 8.00. The highest BCUT2D eigenvalue weighted by Gasteiger charge is 2.14. The molecule has 150 valence electrons. The summed E-state index contributed by atoms with van der Waals surface area (Å²) in [6.07, 6.45) is 3.34. The molecule has 0 bridgehead atoms. The molecule has 0 unspecified atom stereocenters. The number of halogens is 2. The van der Waals surface area contributed by atoms with Crippen molar-refractivity contribution in [2.24, 2.45) is 0 Å². The van der Waals surface area contributed by atoms with Crippen LogP contribution in [0.2, 0.25) is 10.3 Å². The first-order chi connectivity index (χ1) is 14.5. The van der Waals surface area contributed by atoms with Crippen molar-refractivity contribution in [2.45, 2.75) is 13.1 Å². The maximum absolute atomic E-state index is 6.14. The molecule has 0 spiro atoms. The van der Waals surface area contributed by atoms with Crippen molar-refractivity contribution in [3.8, 4) is 0 Å². The van der Waals surface area contributed by atoms with Gasteiger partial charge in [0.15, 0.2) is 21.6 Å². The van der Waals surface area contributed by atoms with Gasteiger partial charge in [-0.15, -0.1) is 0 Å². The molecule has 10 nitrogen and oxygen atoms in total. The van der Waals surface area contributed by atoms with E-state index in [1.54, 1.807) is 12.7 Å². The first-order valence-corrected chi connectivity index (χ1v) is 9.59. The zero-order valence-corrected chi connectivity index (χ0v) is 16.9. The van der Waals surface area contributed by atoms with Crippen LogP contribution in [0, 0.1) is 0 Å². The lowest BCUT2D eigenvalue weighted by Gasteiger charge is -2.12. The van der Waals surface area contributed by atoms with Gasteiger partial charge in [0.2, 0.25) is 11.9 Å². The fraction of sp³-hybridized carbons (Fsp3) is 0.111. The van der Waals surface area contributed by atoms with E-state index >= 15 is 0 Å². The third kappa shape index (κ3) is 3.15. The van der Waals surface area contributed by atoms with Crippen LogP contribution in [-0.2, 0) is 13.1 Å². The summed E-state index contributed by atoms with van der Waals surface area (Å²) >= 11 is 12.3. The van der Waals surface area contributed by atoms with Gasteiger partial charge in [-0.05, 0) is 11.1 Å². The standard InChI is InChI=1S/C18H14Cl2N10/c19-13-11-15(27-17(21)25-13)29(7-23-11)5-9-3-1-2-4-10(9)6-30-8-24-12-14(20)26-18(22)28-16(12)30/h1-4,7-8H,5-6H2,(H2,21,25,27)(H2,22,26,28). The average Bonchev–Trinajstić information content (AvgIpc) is 3.28. The van der Waals surface area contributed by atoms with E-state index in [9.17, 15) is 0 Å². The zero-order chi connectivity index (χ0) is 20.8. The van der Waals surface area contributed by atoms with E-state index < -0.39 is 0 Å². The van der Waals surface area contributed by atoms with E-state index in [0.717, 1.165) is 11.1 Å². The summed E-state index contributed by atoms with van der Waals surface area (Å²) < 4.78 is 3.75. The Bertz CT molecular complexity index is 1300. The summed E-state index contributed by atoms with van der Waals surface area (Å²) in [7, 11) is 0. The smallest absolute Gasteiger partial charge is 0.223 e. The number of fused-ring (bicyclic) bond motifs is 2. The van der Waals surface area contributed by atoms with E-state index in [4.69, 9.17) is 34.7 Å². The van der Waals surface area contributed by atoms with Gasteiger partial charge >= 0.3 is 0 Å². The number of imidazole rings is 2. The number of nitrogen functional groups attached to an aromatic ring is 2. The fourth-order valence-corrected chi connectivity index (χ4v) is 3.76. The minimum absolute atomic E-state index is 0.0987. The van der Waals surface area contributed by atoms with Gasteiger partial charge in [0, 0.05) is 0 Å². The van der Waals surface area contributed by atoms with Crippen molar-refractivity contribution in [3.05, 3.63) is 58.4 Å². The molecule has 4 aromatic heterocycles. The van der Waals surface area contributed by atoms with E-state index in [1.807, 2.05) is 33.4 Å². The second-order valence-corrected chi connectivity index (χ2v) is 7.32. The molecule has 0 saturated carbocycles. The van der Waals surface area contributed by atoms with Crippen LogP contribution < -0.4 is 11.5 Å². The van der Waals surface area contributed by atoms with Gasteiger partial charge in [0.1, 0.15) is 11.0 Å². The maximum Gasteiger partial charge on any atom is 0.223 e. The van der Waals surface area contributed by atoms with Gasteiger partial charge < -0.3 is 20.6 Å². The fourth-order valence-electron chi connectivity index (χ4n) is 3.32. The molecule has 5 aromatic rings. The number of aromatic nitrogens is 8. The Balaban J connectivity index is 1.53. The number of benzene rings is 1. The van der Waals surface area contributed by atoms with Crippen molar-refractivity contribution in [1.82, 2.24) is 39.0 Å². The third-order valence-electron chi connectivity index (χ3n) is 4.68. The summed E-state index contributed by atoms with van der Waals surface area (Å²) in [4.78, 5) is 25.1. The minimum atomic E-state index is 0.0987. The highest BCUT2D eigenvalue weighted by atomic mass is 35.5. The van der Waals surface area contributed by atoms with E-state index in [0.29, 0.717) is 35.4 Å². The second-order valence-electron chi connectivity index (χ2n) is 6.60. The van der Waals surface area contributed by atoms with Crippen LogP contribution in [0.1, 0.15) is 11.1 Å². The van der Waals surface area contributed by atoms with Crippen molar-refractivity contribution >= 4 is 57.4 Å². The molecule has 0 radical (unpaired) electrons. The molecule has 0 atom stereocenters. The topological polar surface area (TPSA) is 139 Å². The van der Waals surface area contributed by atoms with Crippen LogP contribution in [0.5, 0.6) is 0 Å². The van der Waals surface area contributed by atoms with Gasteiger partial charge in [0.05, 0.1) is 25.7 Å². The Hall–Kier alpha value is -3.50. The van der Waals surface area contributed by atoms with E-state index in [2.05, 4.69) is 29.9 Å². The van der Waals surface area contributed by atoms with Crippen LogP contribution in [0.15, 0.2) is 36.9 Å². The number of anilines is 2. The molecule has 1 aromatic carbocycles. The van der Waals surface area contributed by atoms with Gasteiger partial charge in [-0.25, -0.2) is 9.97 Å². The van der Waals surface area contributed by atoms with Crippen molar-refractivity contribution in [3.63, 3.8) is 0 Å². The summed E-state index contributed by atoms with van der Waals surface area (Å²) in [5.74, 6) is 0.197. The summed E-state index contributed by atoms with van der Waals surface area (Å²) in [5, 5.41) is 0.451. The molecule has 0 aliphatic rings. The van der Waals surface area contributed by atoms with Crippen molar-refractivity contribution in [2.75, 3.05) is 11.5 Å². The van der Waals surface area contributed by atoms with Gasteiger partial charge in [0.25, 0.3) is 0 Å². The van der Waals surface area contributed by atoms with Crippen LogP contribution in [-0.4, -0.2) is 39.0 Å². The average molecular weight is 441 g/mol. The largest absolute Gasteiger partial charge is 0.368 e. The number of nitrogens with zero attached hydrogens (tertiary/aromatic N) is 8. The van der Waals surface area contributed by atoms with Crippen LogP contribution >= 0.6 is 23.2 Å². The quantitative estimate of drug-likeness (QED) is 0.406. The molecule has 30 heavy (non-hydrogen) atoms. The first-order valence-electron chi connectivity index (χ1n) is 8.84. The van der Waals surface area contributed by atoms with E-state index in [-0.39, 0.29) is 22.2 Å². The summed E-state index contributed by atoms with van der Waals surface area (Å²) in [5.41, 5.74) is 15.8. The molecule has 0 saturated heterocycles. The normalized spacial score (nSPS) is 11.5. The van der Waals surface area contributed by atoms with Crippen LogP contribution in [0.4, 0.5) is 11.9 Å². The lowest BCUT2D eigenvalue weighted by molar-refractivity contribution is 0.765. The third-order valence-corrected chi connectivity index (χ3v) is 5.20. The Kier molecular flexibility index (Phi) is 4.37. The van der Waals surface area contributed by atoms with Crippen molar-refractivity contribution < 1.29 is 0 Å². The number of hydrogen-bond donors (Lipinski definition) is 2. The molecular weight excluding hydrogens is 427 g/mol. The predicted molar refractivity (Wildman–Crippen MR) is 114 cm³/mol. The van der Waals surface area contributed by atoms with Gasteiger partial charge in [-0.3, -0.25) is 0 Å². The van der Waals surface area contributed by atoms with Crippen LogP contribution in [0.25, 0.3) is 22.3 Å². The van der Waals surface area contributed by atoms with Crippen LogP contribution in [0.3, 0.4) is 0 Å². The Morgan fingerprint density at radius 1 is 0.700 bits per heavy atom. The molecule has 0 aliphatic heterocycles. The molecule has 0 fully saturated rings. The lowest BCUT2D eigenvalue weighted by atomic mass is 10.1. The SMILES string of the molecule is Nc1nc(Cl)c2ncn(Cc3ccccc3Cn3cnc4c(Cl)nc(N)nc43)c2n1. The molecule has 12 heteroatoms. The number of nitrogens with two attached hydrogens (primary N) is 2. The molecule has 5 rings (SSSR count). The van der Waals surface area contributed by atoms with E-state index in [1.165, 1.54) is 0 Å². The number of rotatable bonds is 4. The predicted octanol–water partition coefficient (Wildman–Crippen LogP) is 2.53. The number of hydrogen-bond acceptors (Lipinski definition) is 8. The first kappa shape index (κ1) is 18.5. The Morgan fingerprint density at radius 3 is 1.57 bits per heavy atom. The molecule has 0 amide bonds. The highest BCUT2D eigenvalue weighted by Crippen LogP contribution is 2.23. The maximum atomic E-state index is 6.14. The van der Waals surface area contributed by atoms with Gasteiger partial charge in [-0.1, -0.05) is 47.5 Å². The summed E-state index contributed by atoms with van der Waals surface area (Å²) in [6.45, 7) is 1.04. The zero-order valence-electron chi connectivity index (χ0n) is 15.4. The lowest BCUT2D eigenvalue weighted by Crippen LogP contribution is -2.08. The monoisotopic (exact) mass is 440 g/mol. The molecule has 4 N–H and O–H groups in total. The molecule has 0 aliphatic carbocycles. The van der Waals surface area contributed by atoms with Gasteiger partial charge in [-0.2, -0.15) is 19.9 Å². The van der Waals surface area contributed by atoms with Crippen molar-refractivity contribution in [1.29, 1.82) is 0 Å². The Morgan fingerprint density at radius 2 is 1.13 bits per heavy atom. The molecular formula is C18H14Cl2N10. The minimum Gasteiger partial charge on any atom is -0.368 e. The second kappa shape index (κ2) is 7.08. The molecule has 4 heterocycles. The highest BCUT2D eigenvalue weighted by molar-refractivity contribution is 6.34. The Labute approximate surface area is 179 Å².